The summed E-state index contributed by atoms with van der Waals surface area (Å²) in [4.78, 5) is 6.84. The first-order valence-electron chi connectivity index (χ1n) is 7.46. The molecule has 8 heteroatoms. The van der Waals surface area contributed by atoms with Crippen LogP contribution in [-0.4, -0.2) is 54.3 Å². The van der Waals surface area contributed by atoms with Gasteiger partial charge in [0.25, 0.3) is 0 Å². The van der Waals surface area contributed by atoms with E-state index in [1.54, 1.807) is 6.20 Å². The summed E-state index contributed by atoms with van der Waals surface area (Å²) >= 11 is 0. The Morgan fingerprint density at radius 3 is 3.29 bits per heavy atom. The van der Waals surface area contributed by atoms with Crippen LogP contribution in [0, 0.1) is 0 Å². The molecule has 0 aromatic carbocycles. The molecule has 0 bridgehead atoms. The van der Waals surface area contributed by atoms with Crippen LogP contribution < -0.4 is 0 Å². The minimum absolute atomic E-state index is 0.182. The van der Waals surface area contributed by atoms with Crippen LogP contribution >= 0.6 is 0 Å². The predicted octanol–water partition coefficient (Wildman–Crippen LogP) is 0.304. The molecule has 0 aliphatic carbocycles. The van der Waals surface area contributed by atoms with Crippen molar-refractivity contribution >= 4 is 0 Å². The van der Waals surface area contributed by atoms with Gasteiger partial charge in [-0.15, -0.1) is 5.10 Å². The van der Waals surface area contributed by atoms with E-state index in [0.717, 1.165) is 49.8 Å². The number of nitrogens with zero attached hydrogens (tertiary/aromatic N) is 6. The molecule has 2 aromatic heterocycles. The molecule has 1 N–H and O–H groups in total. The fourth-order valence-electron chi connectivity index (χ4n) is 3.17. The molecule has 1 fully saturated rings. The molecular formula is C13H19N7O. The molecule has 0 radical (unpaired) electrons. The standard InChI is InChI=1S/C13H19N7O/c1-2-12-15-13(17-16-12)7-19-4-3-10-11(6-19)21-8-9-5-14-18-20(9)10/h5,10-11H,2-4,6-8H2,1H3,(H,15,16,17)/t10-,11-/m0/s1. The zero-order valence-corrected chi connectivity index (χ0v) is 12.1. The first-order chi connectivity index (χ1) is 10.3. The first-order valence-corrected chi connectivity index (χ1v) is 7.46. The van der Waals surface area contributed by atoms with Gasteiger partial charge in [0.1, 0.15) is 11.6 Å². The van der Waals surface area contributed by atoms with E-state index in [2.05, 4.69) is 37.3 Å². The van der Waals surface area contributed by atoms with Crippen LogP contribution in [0.4, 0.5) is 0 Å². The van der Waals surface area contributed by atoms with Crippen LogP contribution in [0.25, 0.3) is 0 Å². The molecule has 2 aliphatic rings. The van der Waals surface area contributed by atoms with E-state index in [-0.39, 0.29) is 6.10 Å². The fraction of sp³-hybridized carbons (Fsp3) is 0.692. The second kappa shape index (κ2) is 5.19. The lowest BCUT2D eigenvalue weighted by Crippen LogP contribution is -2.48. The number of fused-ring (bicyclic) bond motifs is 3. The smallest absolute Gasteiger partial charge is 0.150 e. The Labute approximate surface area is 122 Å². The second-order valence-electron chi connectivity index (χ2n) is 5.66. The van der Waals surface area contributed by atoms with Crippen molar-refractivity contribution in [2.75, 3.05) is 13.1 Å². The molecule has 4 rings (SSSR count). The lowest BCUT2D eigenvalue weighted by Gasteiger charge is -2.40. The molecule has 21 heavy (non-hydrogen) atoms. The number of hydrogen-bond acceptors (Lipinski definition) is 6. The molecule has 0 saturated carbocycles. The van der Waals surface area contributed by atoms with Gasteiger partial charge in [0.05, 0.1) is 37.2 Å². The first kappa shape index (κ1) is 12.9. The van der Waals surface area contributed by atoms with E-state index in [1.165, 1.54) is 0 Å². The van der Waals surface area contributed by atoms with Crippen LogP contribution in [0.3, 0.4) is 0 Å². The number of aromatic amines is 1. The Morgan fingerprint density at radius 1 is 1.48 bits per heavy atom. The number of hydrogen-bond donors (Lipinski definition) is 1. The van der Waals surface area contributed by atoms with Crippen LogP contribution in [0.1, 0.15) is 36.7 Å². The maximum atomic E-state index is 5.97. The number of nitrogens with one attached hydrogen (secondary N) is 1. The zero-order valence-electron chi connectivity index (χ0n) is 12.1. The van der Waals surface area contributed by atoms with Crippen LogP contribution in [0.2, 0.25) is 0 Å². The number of ether oxygens (including phenoxy) is 1. The Balaban J connectivity index is 1.43. The van der Waals surface area contributed by atoms with E-state index in [9.17, 15) is 0 Å². The summed E-state index contributed by atoms with van der Waals surface area (Å²) in [7, 11) is 0. The van der Waals surface area contributed by atoms with Gasteiger partial charge in [-0.05, 0) is 6.42 Å². The van der Waals surface area contributed by atoms with Crippen LogP contribution in [-0.2, 0) is 24.3 Å². The number of piperidine rings is 1. The lowest BCUT2D eigenvalue weighted by atomic mass is 10.0. The summed E-state index contributed by atoms with van der Waals surface area (Å²) in [6, 6.07) is 0.313. The molecule has 112 valence electrons. The van der Waals surface area contributed by atoms with Crippen LogP contribution in [0.15, 0.2) is 6.20 Å². The van der Waals surface area contributed by atoms with E-state index in [1.807, 2.05) is 4.68 Å². The van der Waals surface area contributed by atoms with Crippen molar-refractivity contribution in [2.24, 2.45) is 0 Å². The molecule has 8 nitrogen and oxygen atoms in total. The number of aromatic nitrogens is 6. The van der Waals surface area contributed by atoms with Gasteiger partial charge < -0.3 is 4.74 Å². The molecule has 0 amide bonds. The summed E-state index contributed by atoms with van der Waals surface area (Å²) < 4.78 is 8.01. The Morgan fingerprint density at radius 2 is 2.43 bits per heavy atom. The number of aryl methyl sites for hydroxylation is 1. The molecule has 2 aliphatic heterocycles. The third-order valence-electron chi connectivity index (χ3n) is 4.28. The summed E-state index contributed by atoms with van der Waals surface area (Å²) in [5.41, 5.74) is 1.08. The minimum Gasteiger partial charge on any atom is -0.368 e. The largest absolute Gasteiger partial charge is 0.368 e. The number of likely N-dealkylation sites (tertiary alicyclic amines) is 1. The van der Waals surface area contributed by atoms with Crippen molar-refractivity contribution in [3.05, 3.63) is 23.5 Å². The van der Waals surface area contributed by atoms with Gasteiger partial charge in [0.15, 0.2) is 0 Å². The molecule has 0 unspecified atom stereocenters. The van der Waals surface area contributed by atoms with Gasteiger partial charge >= 0.3 is 0 Å². The van der Waals surface area contributed by atoms with Crippen molar-refractivity contribution in [1.82, 2.24) is 35.1 Å². The number of H-pyrrole nitrogens is 1. The summed E-state index contributed by atoms with van der Waals surface area (Å²) in [5, 5.41) is 15.4. The topological polar surface area (TPSA) is 84.8 Å². The Bertz CT molecular complexity index is 622. The summed E-state index contributed by atoms with van der Waals surface area (Å²) in [6.07, 6.45) is 3.86. The average molecular weight is 289 g/mol. The molecular weight excluding hydrogens is 270 g/mol. The normalized spacial score (nSPS) is 25.6. The highest BCUT2D eigenvalue weighted by atomic mass is 16.5. The van der Waals surface area contributed by atoms with Gasteiger partial charge in [-0.25, -0.2) is 9.67 Å². The molecule has 1 saturated heterocycles. The third-order valence-corrected chi connectivity index (χ3v) is 4.28. The summed E-state index contributed by atoms with van der Waals surface area (Å²) in [6.45, 7) is 5.36. The second-order valence-corrected chi connectivity index (χ2v) is 5.66. The van der Waals surface area contributed by atoms with Crippen molar-refractivity contribution < 1.29 is 4.74 Å². The van der Waals surface area contributed by atoms with Crippen molar-refractivity contribution in [1.29, 1.82) is 0 Å². The van der Waals surface area contributed by atoms with E-state index < -0.39 is 0 Å². The van der Waals surface area contributed by atoms with Gasteiger partial charge in [-0.3, -0.25) is 10.00 Å². The third kappa shape index (κ3) is 2.34. The highest BCUT2D eigenvalue weighted by Gasteiger charge is 2.36. The maximum Gasteiger partial charge on any atom is 0.150 e. The lowest BCUT2D eigenvalue weighted by molar-refractivity contribution is -0.0708. The molecule has 0 spiro atoms. The zero-order chi connectivity index (χ0) is 14.2. The maximum absolute atomic E-state index is 5.97. The van der Waals surface area contributed by atoms with E-state index in [4.69, 9.17) is 4.74 Å². The number of rotatable bonds is 3. The van der Waals surface area contributed by atoms with Gasteiger partial charge in [0.2, 0.25) is 0 Å². The van der Waals surface area contributed by atoms with E-state index >= 15 is 0 Å². The van der Waals surface area contributed by atoms with Gasteiger partial charge in [-0.2, -0.15) is 5.10 Å². The minimum atomic E-state index is 0.182. The van der Waals surface area contributed by atoms with Gasteiger partial charge in [-0.1, -0.05) is 12.1 Å². The van der Waals surface area contributed by atoms with E-state index in [0.29, 0.717) is 12.6 Å². The Kier molecular flexibility index (Phi) is 3.19. The average Bonchev–Trinajstić information content (AvgIpc) is 3.15. The highest BCUT2D eigenvalue weighted by Crippen LogP contribution is 2.30. The Hall–Kier alpha value is -1.80. The molecule has 2 aromatic rings. The fourth-order valence-corrected chi connectivity index (χ4v) is 3.17. The SMILES string of the molecule is CCc1n[nH]c(CN2CC[C@H]3[C@H](C2)OCc2cnnn23)n1. The van der Waals surface area contributed by atoms with Crippen molar-refractivity contribution in [2.45, 2.75) is 45.1 Å². The highest BCUT2D eigenvalue weighted by molar-refractivity contribution is 5.01. The van der Waals surface area contributed by atoms with Crippen molar-refractivity contribution in [3.8, 4) is 0 Å². The quantitative estimate of drug-likeness (QED) is 0.875. The molecule has 2 atom stereocenters. The van der Waals surface area contributed by atoms with Crippen LogP contribution in [0.5, 0.6) is 0 Å². The monoisotopic (exact) mass is 289 g/mol. The van der Waals surface area contributed by atoms with Crippen molar-refractivity contribution in [3.63, 3.8) is 0 Å². The molecule has 4 heterocycles. The predicted molar refractivity (Wildman–Crippen MR) is 73.3 cm³/mol. The summed E-state index contributed by atoms with van der Waals surface area (Å²) in [5.74, 6) is 1.81. The van der Waals surface area contributed by atoms with Gasteiger partial charge in [0, 0.05) is 19.5 Å².